The molecule has 1 aromatic carbocycles. The molecule has 0 aliphatic carbocycles. The Morgan fingerprint density at radius 1 is 1.44 bits per heavy atom. The highest BCUT2D eigenvalue weighted by atomic mass is 15.1. The van der Waals surface area contributed by atoms with E-state index in [0.29, 0.717) is 6.04 Å². The van der Waals surface area contributed by atoms with Crippen LogP contribution in [-0.4, -0.2) is 16.2 Å². The summed E-state index contributed by atoms with van der Waals surface area (Å²) in [5.41, 5.74) is 3.32. The maximum atomic E-state index is 3.97. The van der Waals surface area contributed by atoms with Crippen LogP contribution < -0.4 is 5.32 Å². The summed E-state index contributed by atoms with van der Waals surface area (Å²) in [6.07, 6.45) is 5.85. The van der Waals surface area contributed by atoms with E-state index in [0.717, 1.165) is 29.8 Å². The van der Waals surface area contributed by atoms with E-state index >= 15 is 0 Å². The molecule has 18 heavy (non-hydrogen) atoms. The van der Waals surface area contributed by atoms with Gasteiger partial charge in [0, 0.05) is 23.5 Å². The van der Waals surface area contributed by atoms with Crippen molar-refractivity contribution in [2.45, 2.75) is 25.8 Å². The van der Waals surface area contributed by atoms with E-state index in [9.17, 15) is 0 Å². The van der Waals surface area contributed by atoms with Gasteiger partial charge < -0.3 is 5.32 Å². The standard InChI is InChI=1S/C15H19N3/c1-3-4-6-12(2)17-14-8-5-7-13(11-14)15-9-10-16-18-15/h3,5,7-12,17H,1,4,6H2,2H3,(H,16,18). The van der Waals surface area contributed by atoms with E-state index in [1.165, 1.54) is 0 Å². The molecule has 1 atom stereocenters. The van der Waals surface area contributed by atoms with Gasteiger partial charge in [0.05, 0.1) is 5.69 Å². The summed E-state index contributed by atoms with van der Waals surface area (Å²) in [6, 6.07) is 10.8. The number of benzene rings is 1. The van der Waals surface area contributed by atoms with Crippen molar-refractivity contribution in [1.82, 2.24) is 10.2 Å². The Bertz CT molecular complexity index is 488. The van der Waals surface area contributed by atoms with Crippen molar-refractivity contribution in [3.63, 3.8) is 0 Å². The summed E-state index contributed by atoms with van der Waals surface area (Å²) in [7, 11) is 0. The second-order valence-corrected chi connectivity index (χ2v) is 4.46. The monoisotopic (exact) mass is 241 g/mol. The molecular formula is C15H19N3. The lowest BCUT2D eigenvalue weighted by Gasteiger charge is -2.14. The zero-order valence-electron chi connectivity index (χ0n) is 10.7. The topological polar surface area (TPSA) is 40.7 Å². The smallest absolute Gasteiger partial charge is 0.0650 e. The van der Waals surface area contributed by atoms with Crippen LogP contribution in [0.5, 0.6) is 0 Å². The highest BCUT2D eigenvalue weighted by molar-refractivity contribution is 5.64. The van der Waals surface area contributed by atoms with Gasteiger partial charge in [0.2, 0.25) is 0 Å². The van der Waals surface area contributed by atoms with Gasteiger partial charge in [-0.3, -0.25) is 5.10 Å². The molecule has 2 rings (SSSR count). The molecule has 3 heteroatoms. The third-order valence-corrected chi connectivity index (χ3v) is 2.89. The fourth-order valence-electron chi connectivity index (χ4n) is 1.92. The normalized spacial score (nSPS) is 12.1. The van der Waals surface area contributed by atoms with E-state index in [4.69, 9.17) is 0 Å². The van der Waals surface area contributed by atoms with Gasteiger partial charge in [0.25, 0.3) is 0 Å². The average Bonchev–Trinajstić information content (AvgIpc) is 2.90. The lowest BCUT2D eigenvalue weighted by Crippen LogP contribution is -2.14. The molecular weight excluding hydrogens is 222 g/mol. The van der Waals surface area contributed by atoms with Crippen LogP contribution in [0, 0.1) is 0 Å². The zero-order valence-corrected chi connectivity index (χ0v) is 10.7. The molecule has 1 aromatic heterocycles. The van der Waals surface area contributed by atoms with Gasteiger partial charge in [0.15, 0.2) is 0 Å². The van der Waals surface area contributed by atoms with Gasteiger partial charge in [-0.1, -0.05) is 18.2 Å². The maximum absolute atomic E-state index is 3.97. The van der Waals surface area contributed by atoms with Crippen molar-refractivity contribution < 1.29 is 0 Å². The molecule has 1 heterocycles. The van der Waals surface area contributed by atoms with E-state index in [1.54, 1.807) is 6.20 Å². The first-order valence-electron chi connectivity index (χ1n) is 6.27. The molecule has 0 aliphatic rings. The average molecular weight is 241 g/mol. The van der Waals surface area contributed by atoms with E-state index in [1.807, 2.05) is 12.1 Å². The number of hydrogen-bond acceptors (Lipinski definition) is 2. The van der Waals surface area contributed by atoms with E-state index in [-0.39, 0.29) is 0 Å². The number of anilines is 1. The molecule has 0 bridgehead atoms. The Kier molecular flexibility index (Phi) is 4.18. The predicted octanol–water partition coefficient (Wildman–Crippen LogP) is 3.84. The first kappa shape index (κ1) is 12.4. The van der Waals surface area contributed by atoms with Crippen molar-refractivity contribution in [3.8, 4) is 11.3 Å². The van der Waals surface area contributed by atoms with Crippen LogP contribution in [0.4, 0.5) is 5.69 Å². The SMILES string of the molecule is C=CCCC(C)Nc1cccc(-c2ccn[nH]2)c1. The zero-order chi connectivity index (χ0) is 12.8. The number of allylic oxidation sites excluding steroid dienone is 1. The first-order valence-corrected chi connectivity index (χ1v) is 6.27. The molecule has 3 nitrogen and oxygen atoms in total. The van der Waals surface area contributed by atoms with Crippen molar-refractivity contribution in [3.05, 3.63) is 49.2 Å². The molecule has 94 valence electrons. The van der Waals surface area contributed by atoms with Gasteiger partial charge in [-0.05, 0) is 38.0 Å². The number of aromatic nitrogens is 2. The molecule has 0 saturated carbocycles. The van der Waals surface area contributed by atoms with Crippen LogP contribution in [0.25, 0.3) is 11.3 Å². The number of nitrogens with zero attached hydrogens (tertiary/aromatic N) is 1. The Labute approximate surface area is 108 Å². The van der Waals surface area contributed by atoms with Gasteiger partial charge in [-0.25, -0.2) is 0 Å². The lowest BCUT2D eigenvalue weighted by atomic mass is 10.1. The number of aromatic amines is 1. The number of nitrogens with one attached hydrogen (secondary N) is 2. The molecule has 0 aliphatic heterocycles. The second kappa shape index (κ2) is 6.05. The number of H-pyrrole nitrogens is 1. The maximum Gasteiger partial charge on any atom is 0.0650 e. The van der Waals surface area contributed by atoms with Crippen LogP contribution in [-0.2, 0) is 0 Å². The molecule has 2 aromatic rings. The van der Waals surface area contributed by atoms with Crippen LogP contribution in [0.1, 0.15) is 19.8 Å². The van der Waals surface area contributed by atoms with Crippen molar-refractivity contribution >= 4 is 5.69 Å². The first-order chi connectivity index (χ1) is 8.79. The molecule has 0 radical (unpaired) electrons. The van der Waals surface area contributed by atoms with Gasteiger partial charge in [-0.2, -0.15) is 5.10 Å². The fourth-order valence-corrected chi connectivity index (χ4v) is 1.92. The minimum atomic E-state index is 0.444. The summed E-state index contributed by atoms with van der Waals surface area (Å²) in [6.45, 7) is 5.94. The molecule has 0 spiro atoms. The Balaban J connectivity index is 2.06. The predicted molar refractivity (Wildman–Crippen MR) is 76.5 cm³/mol. The van der Waals surface area contributed by atoms with Crippen LogP contribution in [0.2, 0.25) is 0 Å². The van der Waals surface area contributed by atoms with Gasteiger partial charge >= 0.3 is 0 Å². The van der Waals surface area contributed by atoms with E-state index < -0.39 is 0 Å². The van der Waals surface area contributed by atoms with Crippen LogP contribution >= 0.6 is 0 Å². The van der Waals surface area contributed by atoms with Gasteiger partial charge in [0.1, 0.15) is 0 Å². The molecule has 2 N–H and O–H groups in total. The van der Waals surface area contributed by atoms with Gasteiger partial charge in [-0.15, -0.1) is 6.58 Å². The minimum absolute atomic E-state index is 0.444. The Hall–Kier alpha value is -2.03. The highest BCUT2D eigenvalue weighted by Crippen LogP contribution is 2.21. The van der Waals surface area contributed by atoms with Crippen molar-refractivity contribution in [2.75, 3.05) is 5.32 Å². The summed E-state index contributed by atoms with van der Waals surface area (Å²) in [4.78, 5) is 0. The lowest BCUT2D eigenvalue weighted by molar-refractivity contribution is 0.719. The third kappa shape index (κ3) is 3.23. The molecule has 1 unspecified atom stereocenters. The minimum Gasteiger partial charge on any atom is -0.383 e. The molecule has 0 amide bonds. The molecule has 0 fully saturated rings. The highest BCUT2D eigenvalue weighted by Gasteiger charge is 2.03. The second-order valence-electron chi connectivity index (χ2n) is 4.46. The van der Waals surface area contributed by atoms with E-state index in [2.05, 4.69) is 53.3 Å². The Morgan fingerprint density at radius 2 is 2.33 bits per heavy atom. The summed E-state index contributed by atoms with van der Waals surface area (Å²) in [5.74, 6) is 0. The fraction of sp³-hybridized carbons (Fsp3) is 0.267. The Morgan fingerprint density at radius 3 is 3.06 bits per heavy atom. The van der Waals surface area contributed by atoms with Crippen LogP contribution in [0.15, 0.2) is 49.2 Å². The summed E-state index contributed by atoms with van der Waals surface area (Å²) in [5, 5.41) is 10.4. The third-order valence-electron chi connectivity index (χ3n) is 2.89. The summed E-state index contributed by atoms with van der Waals surface area (Å²) < 4.78 is 0. The number of rotatable bonds is 6. The number of hydrogen-bond donors (Lipinski definition) is 2. The summed E-state index contributed by atoms with van der Waals surface area (Å²) >= 11 is 0. The molecule has 0 saturated heterocycles. The quantitative estimate of drug-likeness (QED) is 0.754. The van der Waals surface area contributed by atoms with Crippen molar-refractivity contribution in [1.29, 1.82) is 0 Å². The van der Waals surface area contributed by atoms with Crippen molar-refractivity contribution in [2.24, 2.45) is 0 Å². The largest absolute Gasteiger partial charge is 0.383 e. The van der Waals surface area contributed by atoms with Crippen LogP contribution in [0.3, 0.4) is 0 Å².